The van der Waals surface area contributed by atoms with Crippen LogP contribution in [0, 0.1) is 0 Å². The highest BCUT2D eigenvalue weighted by molar-refractivity contribution is 6.11. The molecular formula is C51H32N4O. The fourth-order valence-electron chi connectivity index (χ4n) is 7.18. The maximum Gasteiger partial charge on any atom is 0.166 e. The first kappa shape index (κ1) is 21.9. The molecule has 5 nitrogen and oxygen atoms in total. The van der Waals surface area contributed by atoms with E-state index in [4.69, 9.17) is 29.0 Å². The zero-order chi connectivity index (χ0) is 47.4. The summed E-state index contributed by atoms with van der Waals surface area (Å²) in [4.78, 5) is 15.0. The minimum atomic E-state index is -0.706. The SMILES string of the molecule is [2H]c1c([2H])c([2H])c(-c2c([2H])c([2H])c3c(c2[2H])c2c([2H])c([2H])c([2H])c([2H])c2n3-c2ccc(-c3ccc4oc5ccccc5c4c3)cc2-c2nc(-c3ccccc3)nc(-c3ccccc3)n2)c([2H])c1[2H]. The van der Waals surface area contributed by atoms with Gasteiger partial charge < -0.3 is 8.98 Å². The van der Waals surface area contributed by atoms with Crippen molar-refractivity contribution in [3.8, 4) is 62.1 Å². The van der Waals surface area contributed by atoms with Crippen LogP contribution in [0.4, 0.5) is 0 Å². The van der Waals surface area contributed by atoms with Crippen molar-refractivity contribution in [3.05, 3.63) is 194 Å². The fourth-order valence-corrected chi connectivity index (χ4v) is 7.18. The lowest BCUT2D eigenvalue weighted by Crippen LogP contribution is -2.04. The molecule has 8 aromatic carbocycles. The number of fused-ring (bicyclic) bond motifs is 6. The number of aromatic nitrogens is 4. The monoisotopic (exact) mass is 728 g/mol. The van der Waals surface area contributed by atoms with Gasteiger partial charge in [-0.3, -0.25) is 0 Å². The Morgan fingerprint density at radius 1 is 0.411 bits per heavy atom. The van der Waals surface area contributed by atoms with E-state index in [1.165, 1.54) is 4.57 Å². The van der Waals surface area contributed by atoms with Gasteiger partial charge in [-0.1, -0.05) is 145 Å². The smallest absolute Gasteiger partial charge is 0.166 e. The van der Waals surface area contributed by atoms with Gasteiger partial charge in [0.1, 0.15) is 11.2 Å². The van der Waals surface area contributed by atoms with E-state index in [9.17, 15) is 6.85 Å². The standard InChI is InChI=1S/C51H32N4O/c1-4-14-33(15-5-1)36-24-27-45-41(30-36)39-20-10-12-22-44(39)55(45)46-28-25-37(38-26-29-48-42(31-38)40-21-11-13-23-47(40)56-48)32-43(46)51-53-49(34-16-6-2-7-17-34)52-50(54-51)35-18-8-3-9-19-35/h1-32H/i1D,4D,5D,10D,12D,14D,15D,20D,22D,24D,27D,30D. The Bertz CT molecular complexity index is 3860. The van der Waals surface area contributed by atoms with Gasteiger partial charge in [-0.15, -0.1) is 0 Å². The number of benzene rings is 8. The van der Waals surface area contributed by atoms with E-state index in [1.807, 2.05) is 115 Å². The predicted octanol–water partition coefficient (Wildman–Crippen LogP) is 13.2. The molecule has 0 aliphatic carbocycles. The summed E-state index contributed by atoms with van der Waals surface area (Å²) < 4.78 is 115. The number of hydrogen-bond donors (Lipinski definition) is 0. The molecule has 11 rings (SSSR count). The number of furan rings is 1. The van der Waals surface area contributed by atoms with Crippen molar-refractivity contribution < 1.29 is 20.9 Å². The average molecular weight is 729 g/mol. The molecule has 0 radical (unpaired) electrons. The molecule has 0 fully saturated rings. The zero-order valence-corrected chi connectivity index (χ0v) is 29.2. The van der Waals surface area contributed by atoms with Crippen LogP contribution in [0.1, 0.15) is 16.4 Å². The summed E-state index contributed by atoms with van der Waals surface area (Å²) in [6.45, 7) is 0. The summed E-state index contributed by atoms with van der Waals surface area (Å²) in [7, 11) is 0. The Morgan fingerprint density at radius 3 is 1.82 bits per heavy atom. The molecule has 0 N–H and O–H groups in total. The van der Waals surface area contributed by atoms with E-state index >= 15 is 0 Å². The van der Waals surface area contributed by atoms with Gasteiger partial charge in [-0.05, 0) is 70.7 Å². The molecule has 0 saturated carbocycles. The van der Waals surface area contributed by atoms with Gasteiger partial charge in [0.25, 0.3) is 0 Å². The summed E-state index contributed by atoms with van der Waals surface area (Å²) in [6.07, 6.45) is 0. The highest BCUT2D eigenvalue weighted by Crippen LogP contribution is 2.40. The molecule has 0 spiro atoms. The third-order valence-corrected chi connectivity index (χ3v) is 9.80. The zero-order valence-electron chi connectivity index (χ0n) is 41.2. The second-order valence-corrected chi connectivity index (χ2v) is 13.1. The second-order valence-electron chi connectivity index (χ2n) is 13.1. The Kier molecular flexibility index (Phi) is 5.10. The molecule has 5 heteroatoms. The van der Waals surface area contributed by atoms with Crippen LogP contribution >= 0.6 is 0 Å². The largest absolute Gasteiger partial charge is 0.456 e. The van der Waals surface area contributed by atoms with Crippen molar-refractivity contribution in [1.82, 2.24) is 19.5 Å². The topological polar surface area (TPSA) is 56.7 Å². The summed E-state index contributed by atoms with van der Waals surface area (Å²) in [5.74, 6) is 0.805. The first-order chi connectivity index (χ1) is 32.7. The molecule has 0 saturated heterocycles. The molecule has 56 heavy (non-hydrogen) atoms. The maximum absolute atomic E-state index is 9.73. The molecule has 3 heterocycles. The quantitative estimate of drug-likeness (QED) is 0.171. The molecule has 3 aromatic heterocycles. The van der Waals surface area contributed by atoms with Crippen LogP contribution in [0.15, 0.2) is 198 Å². The van der Waals surface area contributed by atoms with E-state index in [2.05, 4.69) is 0 Å². The molecule has 0 aliphatic rings. The third-order valence-electron chi connectivity index (χ3n) is 9.80. The Labute approximate surface area is 339 Å². The van der Waals surface area contributed by atoms with Crippen molar-refractivity contribution in [3.63, 3.8) is 0 Å². The molecule has 262 valence electrons. The van der Waals surface area contributed by atoms with Crippen LogP contribution in [0.25, 0.3) is 106 Å². The van der Waals surface area contributed by atoms with Crippen LogP contribution in [-0.4, -0.2) is 19.5 Å². The highest BCUT2D eigenvalue weighted by Gasteiger charge is 2.21. The van der Waals surface area contributed by atoms with Gasteiger partial charge in [-0.2, -0.15) is 0 Å². The fraction of sp³-hybridized carbons (Fsp3) is 0. The van der Waals surface area contributed by atoms with Crippen molar-refractivity contribution in [1.29, 1.82) is 0 Å². The first-order valence-corrected chi connectivity index (χ1v) is 17.8. The number of para-hydroxylation sites is 2. The normalized spacial score (nSPS) is 14.6. The number of rotatable bonds is 6. The Balaban J connectivity index is 1.29. The summed E-state index contributed by atoms with van der Waals surface area (Å²) in [5.41, 5.74) is 3.58. The van der Waals surface area contributed by atoms with E-state index in [-0.39, 0.29) is 33.3 Å². The molecule has 0 amide bonds. The van der Waals surface area contributed by atoms with Crippen LogP contribution < -0.4 is 0 Å². The lowest BCUT2D eigenvalue weighted by atomic mass is 9.99. The van der Waals surface area contributed by atoms with Crippen molar-refractivity contribution in [2.24, 2.45) is 0 Å². The molecule has 0 unspecified atom stereocenters. The average Bonchev–Trinajstić information content (AvgIpc) is 3.93. The number of nitrogens with zero attached hydrogens (tertiary/aromatic N) is 4. The van der Waals surface area contributed by atoms with Crippen LogP contribution in [0.3, 0.4) is 0 Å². The van der Waals surface area contributed by atoms with Gasteiger partial charge in [0, 0.05) is 38.2 Å². The van der Waals surface area contributed by atoms with E-state index in [1.54, 1.807) is 6.07 Å². The van der Waals surface area contributed by atoms with Gasteiger partial charge in [0.05, 0.1) is 33.2 Å². The highest BCUT2D eigenvalue weighted by atomic mass is 16.3. The van der Waals surface area contributed by atoms with E-state index in [0.29, 0.717) is 39.5 Å². The summed E-state index contributed by atoms with van der Waals surface area (Å²) >= 11 is 0. The first-order valence-electron chi connectivity index (χ1n) is 23.8. The van der Waals surface area contributed by atoms with Gasteiger partial charge in [0.15, 0.2) is 17.5 Å². The third kappa shape index (κ3) is 5.37. The number of hydrogen-bond acceptors (Lipinski definition) is 4. The lowest BCUT2D eigenvalue weighted by Gasteiger charge is -2.16. The molecule has 0 aliphatic heterocycles. The van der Waals surface area contributed by atoms with Crippen LogP contribution in [0.2, 0.25) is 0 Å². The van der Waals surface area contributed by atoms with Gasteiger partial charge in [0.2, 0.25) is 0 Å². The lowest BCUT2D eigenvalue weighted by molar-refractivity contribution is 0.669. The Morgan fingerprint density at radius 2 is 1.04 bits per heavy atom. The van der Waals surface area contributed by atoms with Crippen LogP contribution in [-0.2, 0) is 0 Å². The van der Waals surface area contributed by atoms with Crippen LogP contribution in [0.5, 0.6) is 0 Å². The summed E-state index contributed by atoms with van der Waals surface area (Å²) in [6, 6.07) is 30.0. The maximum atomic E-state index is 9.73. The van der Waals surface area contributed by atoms with Crippen molar-refractivity contribution in [2.45, 2.75) is 0 Å². The minimum absolute atomic E-state index is 0.133. The van der Waals surface area contributed by atoms with Gasteiger partial charge in [-0.25, -0.2) is 15.0 Å². The second kappa shape index (κ2) is 13.0. The Hall–Kier alpha value is -7.63. The van der Waals surface area contributed by atoms with E-state index in [0.717, 1.165) is 21.9 Å². The molecule has 0 atom stereocenters. The van der Waals surface area contributed by atoms with E-state index < -0.39 is 83.6 Å². The molecule has 11 aromatic rings. The van der Waals surface area contributed by atoms with Gasteiger partial charge >= 0.3 is 0 Å². The predicted molar refractivity (Wildman–Crippen MR) is 229 cm³/mol. The summed E-state index contributed by atoms with van der Waals surface area (Å²) in [5, 5.41) is 1.44. The van der Waals surface area contributed by atoms with Crippen molar-refractivity contribution in [2.75, 3.05) is 0 Å². The van der Waals surface area contributed by atoms with Crippen molar-refractivity contribution >= 4 is 43.7 Å². The molecular weight excluding hydrogens is 685 g/mol. The minimum Gasteiger partial charge on any atom is -0.456 e. The molecule has 0 bridgehead atoms.